The van der Waals surface area contributed by atoms with Gasteiger partial charge in [0.05, 0.1) is 36.0 Å². The van der Waals surface area contributed by atoms with Crippen LogP contribution in [0.1, 0.15) is 38.3 Å². The first-order chi connectivity index (χ1) is 18.2. The number of pyridine rings is 1. The van der Waals surface area contributed by atoms with E-state index in [-0.39, 0.29) is 17.9 Å². The zero-order valence-electron chi connectivity index (χ0n) is 22.5. The second-order valence-corrected chi connectivity index (χ2v) is 10.9. The van der Waals surface area contributed by atoms with E-state index in [2.05, 4.69) is 41.5 Å². The summed E-state index contributed by atoms with van der Waals surface area (Å²) < 4.78 is 14.2. The molecule has 198 valence electrons. The summed E-state index contributed by atoms with van der Waals surface area (Å²) in [6.07, 6.45) is 6.67. The third-order valence-electron chi connectivity index (χ3n) is 6.70. The Morgan fingerprint density at radius 1 is 1.16 bits per heavy atom. The van der Waals surface area contributed by atoms with Crippen molar-refractivity contribution in [2.24, 2.45) is 5.92 Å². The number of rotatable bonds is 8. The molecule has 5 rings (SSSR count). The highest BCUT2D eigenvalue weighted by Gasteiger charge is 2.17. The zero-order valence-corrected chi connectivity index (χ0v) is 22.5. The molecule has 0 unspecified atom stereocenters. The smallest absolute Gasteiger partial charge is 0.228 e. The van der Waals surface area contributed by atoms with Gasteiger partial charge in [0.15, 0.2) is 0 Å². The van der Waals surface area contributed by atoms with Crippen molar-refractivity contribution in [1.82, 2.24) is 20.1 Å². The van der Waals surface area contributed by atoms with Gasteiger partial charge in [0.1, 0.15) is 17.2 Å². The van der Waals surface area contributed by atoms with E-state index in [1.807, 2.05) is 60.3 Å². The molecule has 2 N–H and O–H groups in total. The monoisotopic (exact) mass is 513 g/mol. The summed E-state index contributed by atoms with van der Waals surface area (Å²) in [5.74, 6) is 2.71. The van der Waals surface area contributed by atoms with E-state index < -0.39 is 0 Å². The van der Waals surface area contributed by atoms with E-state index in [9.17, 15) is 4.79 Å². The molecule has 0 aliphatic carbocycles. The predicted molar refractivity (Wildman–Crippen MR) is 149 cm³/mol. The molecule has 2 aromatic heterocycles. The number of nitrogens with one attached hydrogen (secondary N) is 2. The molecule has 8 heteroatoms. The van der Waals surface area contributed by atoms with Gasteiger partial charge < -0.3 is 20.1 Å². The molecule has 1 atom stereocenters. The van der Waals surface area contributed by atoms with Gasteiger partial charge in [0.25, 0.3) is 0 Å². The first kappa shape index (κ1) is 25.7. The molecule has 0 saturated carbocycles. The molecule has 4 aromatic rings. The van der Waals surface area contributed by atoms with Crippen LogP contribution in [-0.4, -0.2) is 40.4 Å². The van der Waals surface area contributed by atoms with Crippen molar-refractivity contribution in [3.63, 3.8) is 0 Å². The fraction of sp³-hybridized carbons (Fsp3) is 0.367. The number of amides is 1. The van der Waals surface area contributed by atoms with Crippen molar-refractivity contribution in [2.75, 3.05) is 25.0 Å². The zero-order chi connectivity index (χ0) is 26.7. The number of benzene rings is 2. The Labute approximate surface area is 223 Å². The largest absolute Gasteiger partial charge is 0.493 e. The Hall–Kier alpha value is -3.91. The molecule has 2 aromatic carbocycles. The maximum Gasteiger partial charge on any atom is 0.228 e. The van der Waals surface area contributed by atoms with E-state index in [0.717, 1.165) is 53.0 Å². The van der Waals surface area contributed by atoms with Crippen molar-refractivity contribution >= 4 is 22.5 Å². The first-order valence-electron chi connectivity index (χ1n) is 13.1. The third-order valence-corrected chi connectivity index (χ3v) is 6.70. The van der Waals surface area contributed by atoms with E-state index in [1.54, 1.807) is 12.4 Å². The van der Waals surface area contributed by atoms with Crippen LogP contribution in [0.4, 0.5) is 5.69 Å². The number of aryl methyl sites for hydroxylation is 1. The molecule has 3 heterocycles. The van der Waals surface area contributed by atoms with Crippen LogP contribution in [0.5, 0.6) is 17.2 Å². The maximum absolute atomic E-state index is 12.6. The standard InChI is InChI=1S/C30H35N5O3/c1-20-13-21(14-29(36)34-23-17-33-35(18-23)30(2,3)4)5-8-27(20)38-28-10-12-32-26-7-6-24(15-25(26)28)37-19-22-9-11-31-16-22/h5-8,10,12-13,15,17-18,22,31H,9,11,14,16,19H2,1-4H3,(H,34,36)/t22-/m1/s1. The lowest BCUT2D eigenvalue weighted by molar-refractivity contribution is -0.115. The number of hydrogen-bond acceptors (Lipinski definition) is 6. The van der Waals surface area contributed by atoms with Gasteiger partial charge >= 0.3 is 0 Å². The number of anilines is 1. The Bertz CT molecular complexity index is 1430. The summed E-state index contributed by atoms with van der Waals surface area (Å²) in [4.78, 5) is 17.1. The second-order valence-electron chi connectivity index (χ2n) is 10.9. The number of hydrogen-bond donors (Lipinski definition) is 2. The van der Waals surface area contributed by atoms with Crippen LogP contribution < -0.4 is 20.1 Å². The molecule has 8 nitrogen and oxygen atoms in total. The number of carbonyl (C=O) groups is 1. The Morgan fingerprint density at radius 3 is 2.76 bits per heavy atom. The number of carbonyl (C=O) groups excluding carboxylic acids is 1. The van der Waals surface area contributed by atoms with Gasteiger partial charge in [-0.15, -0.1) is 0 Å². The number of aromatic nitrogens is 3. The van der Waals surface area contributed by atoms with E-state index in [4.69, 9.17) is 9.47 Å². The predicted octanol–water partition coefficient (Wildman–Crippen LogP) is 5.46. The summed E-state index contributed by atoms with van der Waals surface area (Å²) in [6.45, 7) is 10.9. The highest BCUT2D eigenvalue weighted by molar-refractivity contribution is 5.92. The van der Waals surface area contributed by atoms with Gasteiger partial charge in [0.2, 0.25) is 5.91 Å². The molecule has 0 radical (unpaired) electrons. The Balaban J connectivity index is 1.26. The molecule has 1 fully saturated rings. The quantitative estimate of drug-likeness (QED) is 0.325. The van der Waals surface area contributed by atoms with Gasteiger partial charge in [0, 0.05) is 30.2 Å². The van der Waals surface area contributed by atoms with Crippen LogP contribution in [0.15, 0.2) is 61.1 Å². The SMILES string of the molecule is Cc1cc(CC(=O)Nc2cnn(C(C)(C)C)c2)ccc1Oc1ccnc2ccc(OC[C@@H]3CCNC3)cc12. The Morgan fingerprint density at radius 2 is 2.03 bits per heavy atom. The van der Waals surface area contributed by atoms with Gasteiger partial charge in [-0.2, -0.15) is 5.10 Å². The fourth-order valence-electron chi connectivity index (χ4n) is 4.55. The molecule has 0 spiro atoms. The van der Waals surface area contributed by atoms with Crippen LogP contribution >= 0.6 is 0 Å². The summed E-state index contributed by atoms with van der Waals surface area (Å²) >= 11 is 0. The topological polar surface area (TPSA) is 90.3 Å². The maximum atomic E-state index is 12.6. The van der Waals surface area contributed by atoms with Crippen LogP contribution in [0.2, 0.25) is 0 Å². The second kappa shape index (κ2) is 10.8. The van der Waals surface area contributed by atoms with Crippen molar-refractivity contribution in [1.29, 1.82) is 0 Å². The average molecular weight is 514 g/mol. The van der Waals surface area contributed by atoms with Crippen LogP contribution in [0.25, 0.3) is 10.9 Å². The molecule has 38 heavy (non-hydrogen) atoms. The number of fused-ring (bicyclic) bond motifs is 1. The number of nitrogens with zero attached hydrogens (tertiary/aromatic N) is 3. The van der Waals surface area contributed by atoms with Crippen LogP contribution in [0.3, 0.4) is 0 Å². The fourth-order valence-corrected chi connectivity index (χ4v) is 4.55. The van der Waals surface area contributed by atoms with Crippen LogP contribution in [0, 0.1) is 12.8 Å². The molecule has 1 aliphatic heterocycles. The average Bonchev–Trinajstić information content (AvgIpc) is 3.57. The number of ether oxygens (including phenoxy) is 2. The highest BCUT2D eigenvalue weighted by atomic mass is 16.5. The van der Waals surface area contributed by atoms with E-state index >= 15 is 0 Å². The van der Waals surface area contributed by atoms with Crippen molar-refractivity contribution in [2.45, 2.75) is 46.1 Å². The molecule has 1 saturated heterocycles. The summed E-state index contributed by atoms with van der Waals surface area (Å²) in [7, 11) is 0. The lowest BCUT2D eigenvalue weighted by Crippen LogP contribution is -2.22. The lowest BCUT2D eigenvalue weighted by Gasteiger charge is -2.18. The molecule has 1 amide bonds. The van der Waals surface area contributed by atoms with E-state index in [0.29, 0.717) is 24.0 Å². The Kier molecular flexibility index (Phi) is 7.33. The van der Waals surface area contributed by atoms with Crippen LogP contribution in [-0.2, 0) is 16.8 Å². The lowest BCUT2D eigenvalue weighted by atomic mass is 10.1. The molecular weight excluding hydrogens is 478 g/mol. The minimum Gasteiger partial charge on any atom is -0.493 e. The summed E-state index contributed by atoms with van der Waals surface area (Å²) in [6, 6.07) is 13.6. The summed E-state index contributed by atoms with van der Waals surface area (Å²) in [5, 5.41) is 11.5. The van der Waals surface area contributed by atoms with Crippen molar-refractivity contribution in [3.05, 3.63) is 72.2 Å². The molecule has 1 aliphatic rings. The van der Waals surface area contributed by atoms with Gasteiger partial charge in [-0.3, -0.25) is 14.5 Å². The highest BCUT2D eigenvalue weighted by Crippen LogP contribution is 2.33. The van der Waals surface area contributed by atoms with Gasteiger partial charge in [-0.25, -0.2) is 0 Å². The third kappa shape index (κ3) is 6.14. The first-order valence-corrected chi connectivity index (χ1v) is 13.1. The van der Waals surface area contributed by atoms with Gasteiger partial charge in [-0.1, -0.05) is 12.1 Å². The van der Waals surface area contributed by atoms with E-state index in [1.165, 1.54) is 0 Å². The normalized spacial score (nSPS) is 15.5. The molecule has 0 bridgehead atoms. The minimum absolute atomic E-state index is 0.0902. The summed E-state index contributed by atoms with van der Waals surface area (Å²) in [5.41, 5.74) is 3.25. The minimum atomic E-state index is -0.141. The van der Waals surface area contributed by atoms with Crippen molar-refractivity contribution < 1.29 is 14.3 Å². The van der Waals surface area contributed by atoms with Gasteiger partial charge in [-0.05, 0) is 82.1 Å². The molecular formula is C30H35N5O3. The van der Waals surface area contributed by atoms with Crippen molar-refractivity contribution in [3.8, 4) is 17.2 Å².